The largest absolute Gasteiger partial charge is 0.480 e. The van der Waals surface area contributed by atoms with Crippen LogP contribution in [0.2, 0.25) is 0 Å². The van der Waals surface area contributed by atoms with E-state index in [0.29, 0.717) is 6.54 Å². The van der Waals surface area contributed by atoms with Gasteiger partial charge in [-0.1, -0.05) is 0 Å². The Hall–Kier alpha value is -0.650. The van der Waals surface area contributed by atoms with Crippen molar-refractivity contribution in [3.05, 3.63) is 0 Å². The molecule has 2 atom stereocenters. The highest BCUT2D eigenvalue weighted by Crippen LogP contribution is 2.14. The second kappa shape index (κ2) is 5.44. The van der Waals surface area contributed by atoms with Crippen molar-refractivity contribution >= 4 is 5.97 Å². The van der Waals surface area contributed by atoms with Crippen molar-refractivity contribution in [2.75, 3.05) is 32.8 Å². The van der Waals surface area contributed by atoms with E-state index in [2.05, 4.69) is 4.90 Å². The standard InChI is InChI=1S/C10H20N2O3/c1-8-5-11(3-4-13)6-9(2)12(8)7-10(14)15/h8-9,13H,3-7H2,1-2H3,(H,14,15)/t8-,9+. The van der Waals surface area contributed by atoms with Crippen LogP contribution in [0, 0.1) is 0 Å². The van der Waals surface area contributed by atoms with Crippen molar-refractivity contribution in [1.29, 1.82) is 0 Å². The molecular formula is C10H20N2O3. The van der Waals surface area contributed by atoms with Crippen molar-refractivity contribution in [3.63, 3.8) is 0 Å². The molecule has 88 valence electrons. The highest BCUT2D eigenvalue weighted by Gasteiger charge is 2.30. The minimum atomic E-state index is -0.774. The van der Waals surface area contributed by atoms with Crippen molar-refractivity contribution in [1.82, 2.24) is 9.80 Å². The molecule has 15 heavy (non-hydrogen) atoms. The van der Waals surface area contributed by atoms with Crippen LogP contribution in [0.1, 0.15) is 13.8 Å². The topological polar surface area (TPSA) is 64.0 Å². The number of carboxylic acid groups (broad SMARTS) is 1. The number of piperazine rings is 1. The van der Waals surface area contributed by atoms with E-state index < -0.39 is 5.97 Å². The van der Waals surface area contributed by atoms with Gasteiger partial charge in [-0.3, -0.25) is 14.6 Å². The lowest BCUT2D eigenvalue weighted by atomic mass is 10.1. The summed E-state index contributed by atoms with van der Waals surface area (Å²) in [7, 11) is 0. The summed E-state index contributed by atoms with van der Waals surface area (Å²) in [5, 5.41) is 17.6. The lowest BCUT2D eigenvalue weighted by Crippen LogP contribution is -2.58. The molecule has 1 rings (SSSR count). The number of aliphatic hydroxyl groups excluding tert-OH is 1. The van der Waals surface area contributed by atoms with Crippen LogP contribution in [0.15, 0.2) is 0 Å². The third-order valence-corrected chi connectivity index (χ3v) is 2.91. The highest BCUT2D eigenvalue weighted by molar-refractivity contribution is 5.69. The van der Waals surface area contributed by atoms with Gasteiger partial charge in [0.2, 0.25) is 0 Å². The molecule has 0 saturated carbocycles. The summed E-state index contributed by atoms with van der Waals surface area (Å²) in [6.07, 6.45) is 0. The van der Waals surface area contributed by atoms with Gasteiger partial charge in [0.25, 0.3) is 0 Å². The molecule has 0 radical (unpaired) electrons. The lowest BCUT2D eigenvalue weighted by molar-refractivity contribution is -0.140. The number of β-amino-alcohol motifs (C(OH)–C–C–N with tert-alkyl or cyclic N) is 1. The number of carbonyl (C=O) groups is 1. The van der Waals surface area contributed by atoms with Gasteiger partial charge in [0.05, 0.1) is 13.2 Å². The quantitative estimate of drug-likeness (QED) is 0.660. The first-order valence-electron chi connectivity index (χ1n) is 5.35. The zero-order valence-corrected chi connectivity index (χ0v) is 9.39. The summed E-state index contributed by atoms with van der Waals surface area (Å²) in [5.41, 5.74) is 0. The molecule has 0 amide bonds. The smallest absolute Gasteiger partial charge is 0.317 e. The van der Waals surface area contributed by atoms with Crippen LogP contribution in [0.4, 0.5) is 0 Å². The maximum atomic E-state index is 10.7. The van der Waals surface area contributed by atoms with Crippen LogP contribution in [0.3, 0.4) is 0 Å². The molecule has 2 N–H and O–H groups in total. The van der Waals surface area contributed by atoms with Crippen LogP contribution in [-0.4, -0.2) is 70.9 Å². The average Bonchev–Trinajstić information content (AvgIpc) is 2.11. The molecule has 0 spiro atoms. The summed E-state index contributed by atoms with van der Waals surface area (Å²) in [6, 6.07) is 0.466. The van der Waals surface area contributed by atoms with E-state index in [-0.39, 0.29) is 25.2 Å². The van der Waals surface area contributed by atoms with Crippen molar-refractivity contribution in [2.24, 2.45) is 0 Å². The third-order valence-electron chi connectivity index (χ3n) is 2.91. The molecule has 0 aromatic rings. The van der Waals surface area contributed by atoms with Gasteiger partial charge in [0.15, 0.2) is 0 Å². The van der Waals surface area contributed by atoms with Gasteiger partial charge in [-0.25, -0.2) is 0 Å². The summed E-state index contributed by atoms with van der Waals surface area (Å²) < 4.78 is 0. The molecule has 1 fully saturated rings. The Balaban J connectivity index is 2.52. The van der Waals surface area contributed by atoms with Gasteiger partial charge in [0, 0.05) is 31.7 Å². The third kappa shape index (κ3) is 3.44. The zero-order chi connectivity index (χ0) is 11.4. The lowest BCUT2D eigenvalue weighted by Gasteiger charge is -2.43. The highest BCUT2D eigenvalue weighted by atomic mass is 16.4. The molecule has 5 nitrogen and oxygen atoms in total. The van der Waals surface area contributed by atoms with E-state index in [4.69, 9.17) is 10.2 Å². The van der Waals surface area contributed by atoms with E-state index in [9.17, 15) is 4.79 Å². The molecule has 0 aliphatic carbocycles. The Morgan fingerprint density at radius 1 is 1.33 bits per heavy atom. The summed E-state index contributed by atoms with van der Waals surface area (Å²) >= 11 is 0. The maximum Gasteiger partial charge on any atom is 0.317 e. The Labute approximate surface area is 90.3 Å². The van der Waals surface area contributed by atoms with Crippen LogP contribution in [-0.2, 0) is 4.79 Å². The number of carboxylic acids is 1. The minimum absolute atomic E-state index is 0.106. The number of rotatable bonds is 4. The Kier molecular flexibility index (Phi) is 4.50. The molecule has 0 bridgehead atoms. The number of hydrogen-bond acceptors (Lipinski definition) is 4. The van der Waals surface area contributed by atoms with Gasteiger partial charge in [-0.05, 0) is 13.8 Å². The van der Waals surface area contributed by atoms with Crippen LogP contribution >= 0.6 is 0 Å². The monoisotopic (exact) mass is 216 g/mol. The second-order valence-corrected chi connectivity index (χ2v) is 4.25. The molecule has 1 saturated heterocycles. The van der Waals surface area contributed by atoms with Gasteiger partial charge in [0.1, 0.15) is 0 Å². The molecule has 0 unspecified atom stereocenters. The Bertz CT molecular complexity index is 211. The molecule has 5 heteroatoms. The van der Waals surface area contributed by atoms with Crippen molar-refractivity contribution < 1.29 is 15.0 Å². The fourth-order valence-corrected chi connectivity index (χ4v) is 2.26. The first-order valence-corrected chi connectivity index (χ1v) is 5.35. The van der Waals surface area contributed by atoms with Gasteiger partial charge in [-0.2, -0.15) is 0 Å². The molecule has 0 aromatic carbocycles. The fraction of sp³-hybridized carbons (Fsp3) is 0.900. The van der Waals surface area contributed by atoms with E-state index in [1.165, 1.54) is 0 Å². The predicted octanol–water partition coefficient (Wildman–Crippen LogP) is -0.542. The van der Waals surface area contributed by atoms with Gasteiger partial charge in [-0.15, -0.1) is 0 Å². The maximum absolute atomic E-state index is 10.7. The normalized spacial score (nSPS) is 29.3. The van der Waals surface area contributed by atoms with E-state index in [1.807, 2.05) is 18.7 Å². The summed E-state index contributed by atoms with van der Waals surface area (Å²) in [4.78, 5) is 14.8. The SMILES string of the molecule is C[C@@H]1CN(CCO)C[C@H](C)N1CC(=O)O. The van der Waals surface area contributed by atoms with Gasteiger partial charge >= 0.3 is 5.97 Å². The molecular weight excluding hydrogens is 196 g/mol. The molecule has 1 aliphatic heterocycles. The van der Waals surface area contributed by atoms with E-state index in [1.54, 1.807) is 0 Å². The Morgan fingerprint density at radius 2 is 1.87 bits per heavy atom. The molecule has 0 aromatic heterocycles. The van der Waals surface area contributed by atoms with Crippen LogP contribution in [0.25, 0.3) is 0 Å². The number of aliphatic hydroxyl groups is 1. The number of nitrogens with zero attached hydrogens (tertiary/aromatic N) is 2. The van der Waals surface area contributed by atoms with E-state index in [0.717, 1.165) is 13.1 Å². The van der Waals surface area contributed by atoms with Crippen molar-refractivity contribution in [3.8, 4) is 0 Å². The van der Waals surface area contributed by atoms with E-state index >= 15 is 0 Å². The van der Waals surface area contributed by atoms with Gasteiger partial charge < -0.3 is 10.2 Å². The predicted molar refractivity (Wildman–Crippen MR) is 56.8 cm³/mol. The molecule has 1 aliphatic rings. The molecule has 1 heterocycles. The van der Waals surface area contributed by atoms with Crippen LogP contribution < -0.4 is 0 Å². The first-order chi connectivity index (χ1) is 7.04. The Morgan fingerprint density at radius 3 is 2.27 bits per heavy atom. The average molecular weight is 216 g/mol. The van der Waals surface area contributed by atoms with Crippen molar-refractivity contribution in [2.45, 2.75) is 25.9 Å². The number of aliphatic carboxylic acids is 1. The summed E-state index contributed by atoms with van der Waals surface area (Å²) in [6.45, 7) is 6.67. The zero-order valence-electron chi connectivity index (χ0n) is 9.39. The minimum Gasteiger partial charge on any atom is -0.480 e. The fourth-order valence-electron chi connectivity index (χ4n) is 2.26. The first kappa shape index (κ1) is 12.4. The van der Waals surface area contributed by atoms with Crippen LogP contribution in [0.5, 0.6) is 0 Å². The second-order valence-electron chi connectivity index (χ2n) is 4.25. The number of hydrogen-bond donors (Lipinski definition) is 2. The summed E-state index contributed by atoms with van der Waals surface area (Å²) in [5.74, 6) is -0.774.